The number of carbonyl (C=O) groups is 1. The van der Waals surface area contributed by atoms with Gasteiger partial charge in [0.2, 0.25) is 0 Å². The van der Waals surface area contributed by atoms with Gasteiger partial charge in [-0.05, 0) is 13.3 Å². The minimum atomic E-state index is -3.63. The molecule has 1 aromatic heterocycles. The maximum Gasteiger partial charge on any atom is 0.310 e. The van der Waals surface area contributed by atoms with Gasteiger partial charge in [-0.25, -0.2) is 13.4 Å². The molecule has 0 spiro atoms. The number of ether oxygens (including phenoxy) is 1. The van der Waals surface area contributed by atoms with E-state index in [1.807, 2.05) is 0 Å². The van der Waals surface area contributed by atoms with Crippen LogP contribution in [0.15, 0.2) is 4.21 Å². The zero-order valence-electron chi connectivity index (χ0n) is 10.4. The Hall–Kier alpha value is -0.700. The summed E-state index contributed by atoms with van der Waals surface area (Å²) >= 11 is 6.66. The van der Waals surface area contributed by atoms with Gasteiger partial charge in [0.15, 0.2) is 8.68 Å². The number of rotatable bonds is 3. The van der Waals surface area contributed by atoms with Gasteiger partial charge in [0, 0.05) is 13.1 Å². The molecule has 0 saturated carbocycles. The summed E-state index contributed by atoms with van der Waals surface area (Å²) in [6.45, 7) is 2.05. The molecule has 19 heavy (non-hydrogen) atoms. The van der Waals surface area contributed by atoms with E-state index in [-0.39, 0.29) is 21.2 Å². The fourth-order valence-electron chi connectivity index (χ4n) is 2.01. The van der Waals surface area contributed by atoms with Crippen molar-refractivity contribution >= 4 is 38.9 Å². The molecule has 1 unspecified atom stereocenters. The predicted octanol–water partition coefficient (Wildman–Crippen LogP) is 1.29. The van der Waals surface area contributed by atoms with Gasteiger partial charge < -0.3 is 4.74 Å². The normalized spacial score (nSPS) is 20.7. The van der Waals surface area contributed by atoms with E-state index in [4.69, 9.17) is 11.6 Å². The molecule has 2 heterocycles. The minimum Gasteiger partial charge on any atom is -0.469 e. The van der Waals surface area contributed by atoms with Gasteiger partial charge in [0.05, 0.1) is 18.7 Å². The number of aryl methyl sites for hydroxylation is 1. The number of sulfonamides is 1. The molecule has 106 valence electrons. The zero-order chi connectivity index (χ0) is 14.2. The Morgan fingerprint density at radius 2 is 2.26 bits per heavy atom. The summed E-state index contributed by atoms with van der Waals surface area (Å²) in [5, 5.41) is 0. The lowest BCUT2D eigenvalue weighted by Gasteiger charge is -2.15. The molecular formula is C10H13ClN2O4S2. The summed E-state index contributed by atoms with van der Waals surface area (Å²) < 4.78 is 31.1. The highest BCUT2D eigenvalue weighted by Crippen LogP contribution is 2.32. The van der Waals surface area contributed by atoms with Crippen LogP contribution < -0.4 is 0 Å². The summed E-state index contributed by atoms with van der Waals surface area (Å²) in [6, 6.07) is 0. The molecule has 0 amide bonds. The molecule has 1 saturated heterocycles. The van der Waals surface area contributed by atoms with Crippen LogP contribution in [0.4, 0.5) is 0 Å². The first-order chi connectivity index (χ1) is 8.86. The van der Waals surface area contributed by atoms with Crippen molar-refractivity contribution in [1.29, 1.82) is 0 Å². The molecule has 1 aromatic rings. The lowest BCUT2D eigenvalue weighted by Crippen LogP contribution is -2.30. The first kappa shape index (κ1) is 14.7. The Kier molecular flexibility index (Phi) is 4.14. The Morgan fingerprint density at radius 1 is 1.58 bits per heavy atom. The number of aromatic nitrogens is 1. The van der Waals surface area contributed by atoms with Crippen molar-refractivity contribution in [3.8, 4) is 0 Å². The third-order valence-corrected chi connectivity index (χ3v) is 6.70. The largest absolute Gasteiger partial charge is 0.469 e. The average Bonchev–Trinajstić information content (AvgIpc) is 2.95. The van der Waals surface area contributed by atoms with Gasteiger partial charge in [-0.3, -0.25) is 4.79 Å². The number of halogens is 1. The Morgan fingerprint density at radius 3 is 2.79 bits per heavy atom. The SMILES string of the molecule is COC(=O)C1CCN(S(=O)(=O)c2sc(Cl)nc2C)C1. The van der Waals surface area contributed by atoms with Gasteiger partial charge in [0.25, 0.3) is 10.0 Å². The van der Waals surface area contributed by atoms with Crippen molar-refractivity contribution in [2.45, 2.75) is 17.6 Å². The van der Waals surface area contributed by atoms with E-state index >= 15 is 0 Å². The number of esters is 1. The van der Waals surface area contributed by atoms with Crippen LogP contribution in [-0.4, -0.2) is 43.9 Å². The summed E-state index contributed by atoms with van der Waals surface area (Å²) in [7, 11) is -2.33. The highest BCUT2D eigenvalue weighted by Gasteiger charge is 2.38. The van der Waals surface area contributed by atoms with E-state index in [2.05, 4.69) is 9.72 Å². The highest BCUT2D eigenvalue weighted by molar-refractivity contribution is 7.91. The number of thiazole rings is 1. The van der Waals surface area contributed by atoms with Crippen molar-refractivity contribution in [2.75, 3.05) is 20.2 Å². The fraction of sp³-hybridized carbons (Fsp3) is 0.600. The second kappa shape index (κ2) is 5.35. The quantitative estimate of drug-likeness (QED) is 0.783. The molecule has 1 aliphatic rings. The van der Waals surface area contributed by atoms with Crippen LogP contribution in [0.2, 0.25) is 4.47 Å². The van der Waals surface area contributed by atoms with E-state index in [9.17, 15) is 13.2 Å². The molecule has 2 rings (SSSR count). The lowest BCUT2D eigenvalue weighted by atomic mass is 10.1. The van der Waals surface area contributed by atoms with Crippen molar-refractivity contribution in [1.82, 2.24) is 9.29 Å². The summed E-state index contributed by atoms with van der Waals surface area (Å²) in [6.07, 6.45) is 0.470. The van der Waals surface area contributed by atoms with Gasteiger partial charge in [-0.15, -0.1) is 0 Å². The maximum absolute atomic E-state index is 12.4. The first-order valence-corrected chi connectivity index (χ1v) is 8.20. The van der Waals surface area contributed by atoms with Crippen LogP contribution in [0.5, 0.6) is 0 Å². The third kappa shape index (κ3) is 2.76. The number of hydrogen-bond acceptors (Lipinski definition) is 6. The van der Waals surface area contributed by atoms with Crippen LogP contribution in [0.25, 0.3) is 0 Å². The number of methoxy groups -OCH3 is 1. The molecule has 0 N–H and O–H groups in total. The molecule has 9 heteroatoms. The maximum atomic E-state index is 12.4. The van der Waals surface area contributed by atoms with Crippen LogP contribution >= 0.6 is 22.9 Å². The second-order valence-electron chi connectivity index (χ2n) is 4.21. The molecule has 1 atom stereocenters. The zero-order valence-corrected chi connectivity index (χ0v) is 12.8. The second-order valence-corrected chi connectivity index (χ2v) is 7.93. The fourth-order valence-corrected chi connectivity index (χ4v) is 5.39. The topological polar surface area (TPSA) is 76.6 Å². The van der Waals surface area contributed by atoms with Gasteiger partial charge >= 0.3 is 5.97 Å². The average molecular weight is 325 g/mol. The molecule has 0 aliphatic carbocycles. The first-order valence-electron chi connectivity index (χ1n) is 5.57. The Balaban J connectivity index is 2.23. The smallest absolute Gasteiger partial charge is 0.310 e. The molecule has 1 aliphatic heterocycles. The van der Waals surface area contributed by atoms with Crippen LogP contribution in [0.1, 0.15) is 12.1 Å². The van der Waals surface area contributed by atoms with Crippen molar-refractivity contribution in [3.63, 3.8) is 0 Å². The number of carbonyl (C=O) groups excluding carboxylic acids is 1. The third-order valence-electron chi connectivity index (χ3n) is 2.99. The highest BCUT2D eigenvalue weighted by atomic mass is 35.5. The molecule has 0 radical (unpaired) electrons. The monoisotopic (exact) mass is 324 g/mol. The van der Waals surface area contributed by atoms with E-state index in [1.54, 1.807) is 6.92 Å². The Bertz CT molecular complexity index is 599. The molecule has 6 nitrogen and oxygen atoms in total. The van der Waals surface area contributed by atoms with Crippen molar-refractivity contribution < 1.29 is 17.9 Å². The van der Waals surface area contributed by atoms with Crippen molar-refractivity contribution in [2.24, 2.45) is 5.92 Å². The molecule has 1 fully saturated rings. The Labute approximate surface area is 120 Å². The van der Waals surface area contributed by atoms with E-state index < -0.39 is 15.9 Å². The van der Waals surface area contributed by atoms with Gasteiger partial charge in [-0.2, -0.15) is 4.31 Å². The standard InChI is InChI=1S/C10H13ClN2O4S2/c1-6-9(18-10(11)12-6)19(15,16)13-4-3-7(5-13)8(14)17-2/h7H,3-5H2,1-2H3. The van der Waals surface area contributed by atoms with Crippen LogP contribution in [-0.2, 0) is 19.6 Å². The van der Waals surface area contributed by atoms with Gasteiger partial charge in [-0.1, -0.05) is 22.9 Å². The van der Waals surface area contributed by atoms with E-state index in [1.165, 1.54) is 11.4 Å². The molecule has 0 bridgehead atoms. The predicted molar refractivity (Wildman–Crippen MR) is 70.7 cm³/mol. The van der Waals surface area contributed by atoms with Crippen molar-refractivity contribution in [3.05, 3.63) is 10.2 Å². The molecular weight excluding hydrogens is 312 g/mol. The van der Waals surface area contributed by atoms with E-state index in [0.717, 1.165) is 11.3 Å². The lowest BCUT2D eigenvalue weighted by molar-refractivity contribution is -0.144. The summed E-state index contributed by atoms with van der Waals surface area (Å²) in [4.78, 5) is 15.3. The van der Waals surface area contributed by atoms with Crippen LogP contribution in [0, 0.1) is 12.8 Å². The summed E-state index contributed by atoms with van der Waals surface area (Å²) in [5.41, 5.74) is 0.386. The molecule has 0 aromatic carbocycles. The van der Waals surface area contributed by atoms with E-state index in [0.29, 0.717) is 18.7 Å². The van der Waals surface area contributed by atoms with Crippen LogP contribution in [0.3, 0.4) is 0 Å². The number of nitrogens with zero attached hydrogens (tertiary/aromatic N) is 2. The number of hydrogen-bond donors (Lipinski definition) is 0. The summed E-state index contributed by atoms with van der Waals surface area (Å²) in [5.74, 6) is -0.778. The van der Waals surface area contributed by atoms with Gasteiger partial charge in [0.1, 0.15) is 0 Å². The minimum absolute atomic E-state index is 0.142.